The Hall–Kier alpha value is -2.66. The summed E-state index contributed by atoms with van der Waals surface area (Å²) in [6.45, 7) is 4.93. The molecule has 0 aliphatic heterocycles. The Balaban J connectivity index is 1.83. The number of carboxylic acids is 1. The summed E-state index contributed by atoms with van der Waals surface area (Å²) in [4.78, 5) is 16.8. The van der Waals surface area contributed by atoms with Gasteiger partial charge in [-0.25, -0.2) is 4.98 Å². The Kier molecular flexibility index (Phi) is 6.82. The molecule has 4 nitrogen and oxygen atoms in total. The smallest absolute Gasteiger partial charge is 0.308 e. The fourth-order valence-electron chi connectivity index (χ4n) is 2.91. The molecule has 0 atom stereocenters. The van der Waals surface area contributed by atoms with Gasteiger partial charge in [0.1, 0.15) is 10.8 Å². The van der Waals surface area contributed by atoms with E-state index >= 15 is 0 Å². The topological polar surface area (TPSA) is 59.4 Å². The molecule has 1 aromatic heterocycles. The van der Waals surface area contributed by atoms with Gasteiger partial charge < -0.3 is 9.84 Å². The van der Waals surface area contributed by atoms with E-state index in [-0.39, 0.29) is 6.42 Å². The molecule has 0 aliphatic carbocycles. The van der Waals surface area contributed by atoms with E-state index in [1.54, 1.807) is 0 Å². The molecule has 0 unspecified atom stereocenters. The molecule has 1 N–H and O–H groups in total. The molecule has 3 aromatic rings. The van der Waals surface area contributed by atoms with Crippen molar-refractivity contribution in [3.8, 4) is 27.6 Å². The molecule has 0 fully saturated rings. The number of hydrogen-bond donors (Lipinski definition) is 1. The average molecular weight is 396 g/mol. The number of hydrogen-bond acceptors (Lipinski definition) is 4. The van der Waals surface area contributed by atoms with E-state index in [4.69, 9.17) is 9.72 Å². The molecule has 28 heavy (non-hydrogen) atoms. The van der Waals surface area contributed by atoms with E-state index in [1.165, 1.54) is 24.2 Å². The van der Waals surface area contributed by atoms with Crippen LogP contribution in [0.15, 0.2) is 48.5 Å². The summed E-state index contributed by atoms with van der Waals surface area (Å²) < 4.78 is 5.77. The van der Waals surface area contributed by atoms with Gasteiger partial charge in [0.2, 0.25) is 0 Å². The minimum Gasteiger partial charge on any atom is -0.494 e. The van der Waals surface area contributed by atoms with E-state index in [0.29, 0.717) is 0 Å². The number of aryl methyl sites for hydroxylation is 1. The highest BCUT2D eigenvalue weighted by Crippen LogP contribution is 2.35. The molecule has 1 heterocycles. The van der Waals surface area contributed by atoms with E-state index in [0.717, 1.165) is 51.0 Å². The van der Waals surface area contributed by atoms with Gasteiger partial charge in [0.15, 0.2) is 0 Å². The van der Waals surface area contributed by atoms with Gasteiger partial charge in [-0.1, -0.05) is 49.6 Å². The van der Waals surface area contributed by atoms with Crippen molar-refractivity contribution < 1.29 is 14.6 Å². The molecule has 0 amide bonds. The van der Waals surface area contributed by atoms with Crippen molar-refractivity contribution in [2.75, 3.05) is 6.61 Å². The number of aromatic nitrogens is 1. The van der Waals surface area contributed by atoms with Crippen molar-refractivity contribution >= 4 is 17.3 Å². The minimum absolute atomic E-state index is 0.0283. The Labute approximate surface area is 169 Å². The zero-order chi connectivity index (χ0) is 19.9. The first-order chi connectivity index (χ1) is 13.6. The first-order valence-electron chi connectivity index (χ1n) is 9.58. The van der Waals surface area contributed by atoms with Crippen molar-refractivity contribution in [2.24, 2.45) is 0 Å². The Morgan fingerprint density at radius 1 is 1.04 bits per heavy atom. The molecule has 2 aromatic carbocycles. The predicted octanol–water partition coefficient (Wildman–Crippen LogP) is 5.98. The minimum atomic E-state index is -0.848. The van der Waals surface area contributed by atoms with E-state index < -0.39 is 5.97 Å². The van der Waals surface area contributed by atoms with Crippen LogP contribution in [-0.4, -0.2) is 22.7 Å². The molecule has 0 saturated carbocycles. The van der Waals surface area contributed by atoms with Gasteiger partial charge >= 0.3 is 5.97 Å². The monoisotopic (exact) mass is 395 g/mol. The molecule has 0 saturated heterocycles. The number of carboxylic acid groups (broad SMARTS) is 1. The molecule has 0 radical (unpaired) electrons. The molecule has 0 aliphatic rings. The van der Waals surface area contributed by atoms with E-state index in [9.17, 15) is 9.90 Å². The number of aliphatic carboxylic acids is 1. The van der Waals surface area contributed by atoms with Gasteiger partial charge in [-0.2, -0.15) is 0 Å². The predicted molar refractivity (Wildman–Crippen MR) is 114 cm³/mol. The van der Waals surface area contributed by atoms with Gasteiger partial charge in [-0.15, -0.1) is 11.3 Å². The zero-order valence-electron chi connectivity index (χ0n) is 16.3. The molecule has 3 rings (SSSR count). The van der Waals surface area contributed by atoms with Crippen molar-refractivity contribution in [3.63, 3.8) is 0 Å². The van der Waals surface area contributed by atoms with Crippen LogP contribution in [0.4, 0.5) is 0 Å². The summed E-state index contributed by atoms with van der Waals surface area (Å²) in [7, 11) is 0. The van der Waals surface area contributed by atoms with Crippen molar-refractivity contribution in [3.05, 3.63) is 59.0 Å². The number of nitrogens with zero attached hydrogens (tertiary/aromatic N) is 1. The Morgan fingerprint density at radius 3 is 2.36 bits per heavy atom. The summed E-state index contributed by atoms with van der Waals surface area (Å²) in [6.07, 6.45) is 3.38. The zero-order valence-corrected chi connectivity index (χ0v) is 17.1. The number of ether oxygens (including phenoxy) is 1. The maximum atomic E-state index is 11.3. The van der Waals surface area contributed by atoms with Crippen LogP contribution in [0.3, 0.4) is 0 Å². The molecule has 146 valence electrons. The second-order valence-electron chi connectivity index (χ2n) is 6.81. The first kappa shape index (κ1) is 20.1. The number of benzene rings is 2. The number of unbranched alkanes of at least 4 members (excludes halogenated alkanes) is 2. The molecule has 0 bridgehead atoms. The maximum absolute atomic E-state index is 11.3. The highest BCUT2D eigenvalue weighted by atomic mass is 32.1. The van der Waals surface area contributed by atoms with Gasteiger partial charge in [-0.3, -0.25) is 4.79 Å². The van der Waals surface area contributed by atoms with E-state index in [2.05, 4.69) is 6.92 Å². The van der Waals surface area contributed by atoms with Gasteiger partial charge in [0.05, 0.1) is 18.7 Å². The van der Waals surface area contributed by atoms with E-state index in [1.807, 2.05) is 55.5 Å². The summed E-state index contributed by atoms with van der Waals surface area (Å²) in [5.41, 5.74) is 3.83. The third-order valence-electron chi connectivity index (χ3n) is 4.45. The maximum Gasteiger partial charge on any atom is 0.308 e. The number of thiazole rings is 1. The van der Waals surface area contributed by atoms with Gasteiger partial charge in [0, 0.05) is 16.0 Å². The quantitative estimate of drug-likeness (QED) is 0.453. The second-order valence-corrected chi connectivity index (χ2v) is 7.89. The highest BCUT2D eigenvalue weighted by Gasteiger charge is 2.17. The first-order valence-corrected chi connectivity index (χ1v) is 10.4. The fourth-order valence-corrected chi connectivity index (χ4v) is 3.99. The largest absolute Gasteiger partial charge is 0.494 e. The number of rotatable bonds is 9. The van der Waals surface area contributed by atoms with Crippen LogP contribution in [0.25, 0.3) is 21.8 Å². The van der Waals surface area contributed by atoms with Crippen LogP contribution in [0, 0.1) is 6.92 Å². The van der Waals surface area contributed by atoms with Gasteiger partial charge in [-0.05, 0) is 37.6 Å². The van der Waals surface area contributed by atoms with Gasteiger partial charge in [0.25, 0.3) is 0 Å². The van der Waals surface area contributed by atoms with Crippen molar-refractivity contribution in [1.82, 2.24) is 4.98 Å². The summed E-state index contributed by atoms with van der Waals surface area (Å²) in [5, 5.41) is 10.1. The summed E-state index contributed by atoms with van der Waals surface area (Å²) in [6, 6.07) is 15.9. The van der Waals surface area contributed by atoms with Crippen molar-refractivity contribution in [1.29, 1.82) is 0 Å². The molecule has 5 heteroatoms. The lowest BCUT2D eigenvalue weighted by Gasteiger charge is -2.06. The van der Waals surface area contributed by atoms with Crippen LogP contribution < -0.4 is 4.74 Å². The summed E-state index contributed by atoms with van der Waals surface area (Å²) in [5.74, 6) is 0.000292. The average Bonchev–Trinajstić information content (AvgIpc) is 3.09. The van der Waals surface area contributed by atoms with Crippen LogP contribution >= 0.6 is 11.3 Å². The van der Waals surface area contributed by atoms with Crippen LogP contribution in [-0.2, 0) is 11.2 Å². The number of carbonyl (C=O) groups is 1. The SMILES string of the molecule is CCCCCOc1ccc(-c2nc(-c3ccc(C)cc3)c(CC(=O)O)s2)cc1. The second kappa shape index (κ2) is 9.51. The lowest BCUT2D eigenvalue weighted by molar-refractivity contribution is -0.136. The van der Waals surface area contributed by atoms with Crippen LogP contribution in [0.2, 0.25) is 0 Å². The summed E-state index contributed by atoms with van der Waals surface area (Å²) >= 11 is 1.44. The Morgan fingerprint density at radius 2 is 1.71 bits per heavy atom. The molecular weight excluding hydrogens is 370 g/mol. The third-order valence-corrected chi connectivity index (χ3v) is 5.56. The lowest BCUT2D eigenvalue weighted by atomic mass is 10.1. The normalized spacial score (nSPS) is 10.8. The Bertz CT molecular complexity index is 914. The third kappa shape index (κ3) is 5.20. The lowest BCUT2D eigenvalue weighted by Crippen LogP contribution is -1.99. The van der Waals surface area contributed by atoms with Crippen LogP contribution in [0.1, 0.15) is 36.6 Å². The molecule has 0 spiro atoms. The fraction of sp³-hybridized carbons (Fsp3) is 0.304. The standard InChI is InChI=1S/C23H25NO3S/c1-3-4-5-14-27-19-12-10-18(11-13-19)23-24-22(20(28-23)15-21(25)26)17-8-6-16(2)7-9-17/h6-13H,3-5,14-15H2,1-2H3,(H,25,26). The van der Waals surface area contributed by atoms with Crippen LogP contribution in [0.5, 0.6) is 5.75 Å². The molecular formula is C23H25NO3S. The van der Waals surface area contributed by atoms with Crippen molar-refractivity contribution in [2.45, 2.75) is 39.5 Å². The highest BCUT2D eigenvalue weighted by molar-refractivity contribution is 7.15.